The highest BCUT2D eigenvalue weighted by Crippen LogP contribution is 2.16. The predicted molar refractivity (Wildman–Crippen MR) is 351 cm³/mol. The first-order valence-electron chi connectivity index (χ1n) is 29.4. The Balaban J connectivity index is -0.000000497. The van der Waals surface area contributed by atoms with Crippen LogP contribution in [0.2, 0.25) is 0 Å². The third-order valence-electron chi connectivity index (χ3n) is 10.6. The summed E-state index contributed by atoms with van der Waals surface area (Å²) in [6.45, 7) is 11.2. The summed E-state index contributed by atoms with van der Waals surface area (Å²) in [5, 5.41) is 42.0. The lowest BCUT2D eigenvalue weighted by molar-refractivity contribution is -0.137. The molecule has 0 fully saturated rings. The Labute approximate surface area is 516 Å². The molecule has 0 saturated heterocycles. The summed E-state index contributed by atoms with van der Waals surface area (Å²) >= 11 is 0. The van der Waals surface area contributed by atoms with Gasteiger partial charge in [-0.25, -0.2) is 19.2 Å². The number of esters is 1. The lowest BCUT2D eigenvalue weighted by atomic mass is 10.1. The number of Topliss-reactive ketones (excluding diaryl/α,β-unsaturated/α-hetero) is 1. The zero-order chi connectivity index (χ0) is 66.0. The Morgan fingerprint density at radius 2 is 0.897 bits per heavy atom. The number of methoxy groups -OCH3 is 1. The Kier molecular flexibility index (Phi) is 63.0. The fourth-order valence-electron chi connectivity index (χ4n) is 6.31. The molecule has 478 valence electrons. The molecule has 0 atom stereocenters. The van der Waals surface area contributed by atoms with Gasteiger partial charge in [0.2, 0.25) is 5.76 Å². The van der Waals surface area contributed by atoms with E-state index in [0.717, 1.165) is 126 Å². The van der Waals surface area contributed by atoms with Gasteiger partial charge >= 0.3 is 35.8 Å². The third-order valence-corrected chi connectivity index (χ3v) is 10.6. The molecule has 0 spiro atoms. The number of rotatable bonds is 37. The van der Waals surface area contributed by atoms with Crippen LogP contribution in [0.3, 0.4) is 0 Å². The quantitative estimate of drug-likeness (QED) is 0.0182. The van der Waals surface area contributed by atoms with Crippen molar-refractivity contribution in [1.82, 2.24) is 0 Å². The fraction of sp³-hybridized carbons (Fsp3) is 0.394. The maximum atomic E-state index is 11.6. The van der Waals surface area contributed by atoms with Gasteiger partial charge in [0.25, 0.3) is 0 Å². The van der Waals surface area contributed by atoms with Gasteiger partial charge in [0, 0.05) is 37.1 Å². The SMILES string of the molecule is CC(=O)/C=C/C(=O)O.CC/C=C\C/C=C\C/C=C\C/C=C\C/C=C\C/C=C\CC(=O)O.CC/C=C\C/C=C\C/C=C\C/C=C\C/C=C\CCCC(=O)O.CCCCCCCC(C)=O.COC(=O)/C=C/C(=O)O.Cc1cccc2oc(C(=O)O)cc(=O)c12. The molecule has 0 aliphatic carbocycles. The number of ether oxygens (including phenoxy) is 1. The zero-order valence-electron chi connectivity index (χ0n) is 52.4. The molecule has 1 heterocycles. The zero-order valence-corrected chi connectivity index (χ0v) is 52.4. The van der Waals surface area contributed by atoms with Gasteiger partial charge in [-0.2, -0.15) is 0 Å². The second kappa shape index (κ2) is 64.8. The molecule has 5 N–H and O–H groups in total. The number of hydrogen-bond donors (Lipinski definition) is 5. The van der Waals surface area contributed by atoms with Crippen molar-refractivity contribution in [3.05, 3.63) is 204 Å². The summed E-state index contributed by atoms with van der Waals surface area (Å²) in [5.41, 5.74) is 0.754. The van der Waals surface area contributed by atoms with Crippen molar-refractivity contribution in [3.8, 4) is 0 Å². The summed E-state index contributed by atoms with van der Waals surface area (Å²) in [5.74, 6) is -5.94. The minimum Gasteiger partial charge on any atom is -0.481 e. The van der Waals surface area contributed by atoms with Gasteiger partial charge in [0.15, 0.2) is 11.2 Å². The molecule has 0 unspecified atom stereocenters. The van der Waals surface area contributed by atoms with Crippen molar-refractivity contribution in [2.24, 2.45) is 0 Å². The second-order valence-electron chi connectivity index (χ2n) is 18.6. The van der Waals surface area contributed by atoms with Gasteiger partial charge in [-0.05, 0) is 128 Å². The van der Waals surface area contributed by atoms with Gasteiger partial charge in [0.05, 0.1) is 18.9 Å². The lowest BCUT2D eigenvalue weighted by Gasteiger charge is -2.00. The van der Waals surface area contributed by atoms with Crippen LogP contribution in [0.25, 0.3) is 11.0 Å². The molecule has 0 aliphatic rings. The van der Waals surface area contributed by atoms with E-state index in [2.05, 4.69) is 147 Å². The van der Waals surface area contributed by atoms with Crippen molar-refractivity contribution >= 4 is 58.4 Å². The number of fused-ring (bicyclic) bond motifs is 1. The number of aromatic carboxylic acids is 1. The average molecular weight is 1210 g/mol. The maximum absolute atomic E-state index is 11.6. The number of unbranched alkanes of at least 4 members (excludes halogenated alkanes) is 5. The number of ketones is 2. The number of hydrogen-bond acceptors (Lipinski definition) is 11. The van der Waals surface area contributed by atoms with E-state index >= 15 is 0 Å². The molecule has 0 aliphatic heterocycles. The number of carbonyl (C=O) groups is 8. The fourth-order valence-corrected chi connectivity index (χ4v) is 6.31. The molecule has 0 radical (unpaired) electrons. The number of aryl methyl sites for hydroxylation is 1. The van der Waals surface area contributed by atoms with Crippen molar-refractivity contribution in [1.29, 1.82) is 0 Å². The smallest absolute Gasteiger partial charge is 0.371 e. The van der Waals surface area contributed by atoms with Crippen LogP contribution in [-0.4, -0.2) is 80.0 Å². The van der Waals surface area contributed by atoms with Crippen LogP contribution in [0.1, 0.15) is 186 Å². The van der Waals surface area contributed by atoms with Crippen LogP contribution in [0.4, 0.5) is 0 Å². The lowest BCUT2D eigenvalue weighted by Crippen LogP contribution is -2.07. The Bertz CT molecular complexity index is 2680. The average Bonchev–Trinajstić information content (AvgIpc) is 2.88. The number of carboxylic acids is 5. The highest BCUT2D eigenvalue weighted by molar-refractivity contribution is 5.93. The van der Waals surface area contributed by atoms with E-state index < -0.39 is 35.8 Å². The maximum Gasteiger partial charge on any atom is 0.371 e. The highest BCUT2D eigenvalue weighted by atomic mass is 16.5. The number of carboxylic acid groups (broad SMARTS) is 5. The standard InChI is InChI=1S/C21H30O2.C20H30O2.C11H8O4.C9H18O.C5H6O4.C5H6O3/c1-2-3-4-5-6-7-8-9-10-11-12-13-14-15-16-17-18-19-20-21(22)23;1-2-3-4-5-6-7-8-9-10-11-12-13-14-15-16-17-18-19-20(21)22;1-6-3-2-4-8-10(6)7(12)5-9(15-8)11(13)14;1-3-4-5-6-7-8-9(2)10;1-9-5(8)3-2-4(6)7;1-4(6)2-3-5(7)8/h3-4,6-7,9-10,12-13,15-16,18-19H,2,5,8,11,14,17,20H2,1H3,(H,22,23);3-4,6-7,9-10,12-13,15-16H,2,5,8,11,14,17-19H2,1H3,(H,21,22);2-5H,1H3,(H,13,14);3-8H2,1-2H3;2-3H,1H3,(H,6,7);2-3H,1H3,(H,7,8)/b4-3-,7-6-,10-9-,13-12-,16-15-,19-18-;4-3-,7-6-,10-9-,13-12-,16-15-;;;2*3-2+. The minimum absolute atomic E-state index is 0.102. The number of allylic oxidation sites excluding steroid dienone is 22. The largest absolute Gasteiger partial charge is 0.481 e. The van der Waals surface area contributed by atoms with Crippen molar-refractivity contribution < 1.29 is 73.0 Å². The van der Waals surface area contributed by atoms with E-state index in [9.17, 15) is 43.2 Å². The summed E-state index contributed by atoms with van der Waals surface area (Å²) in [7, 11) is 1.18. The molecule has 1 aromatic heterocycles. The van der Waals surface area contributed by atoms with Crippen LogP contribution in [0, 0.1) is 6.92 Å². The first-order chi connectivity index (χ1) is 41.7. The predicted octanol–water partition coefficient (Wildman–Crippen LogP) is 16.9. The first kappa shape index (κ1) is 84.7. The molecule has 1 aromatic carbocycles. The molecule has 0 amide bonds. The topological polar surface area (TPSA) is 277 Å². The molecule has 0 saturated carbocycles. The summed E-state index contributed by atoms with van der Waals surface area (Å²) in [6, 6.07) is 6.07. The van der Waals surface area contributed by atoms with Crippen LogP contribution < -0.4 is 5.43 Å². The monoisotopic (exact) mass is 1210 g/mol. The van der Waals surface area contributed by atoms with E-state index in [1.807, 2.05) is 6.08 Å². The van der Waals surface area contributed by atoms with Crippen LogP contribution >= 0.6 is 0 Å². The van der Waals surface area contributed by atoms with Crippen molar-refractivity contribution in [3.63, 3.8) is 0 Å². The highest BCUT2D eigenvalue weighted by Gasteiger charge is 2.11. The third kappa shape index (κ3) is 69.6. The van der Waals surface area contributed by atoms with E-state index in [1.165, 1.54) is 39.7 Å². The van der Waals surface area contributed by atoms with Crippen LogP contribution in [-0.2, 0) is 38.3 Å². The normalized spacial score (nSPS) is 11.5. The van der Waals surface area contributed by atoms with E-state index in [4.69, 9.17) is 29.9 Å². The molecular weight excluding hydrogens is 1110 g/mol. The number of aliphatic carboxylic acids is 4. The van der Waals surface area contributed by atoms with E-state index in [0.29, 0.717) is 22.8 Å². The Hall–Kier alpha value is -8.79. The number of benzene rings is 1. The van der Waals surface area contributed by atoms with Gasteiger partial charge in [-0.1, -0.05) is 192 Å². The molecule has 87 heavy (non-hydrogen) atoms. The summed E-state index contributed by atoms with van der Waals surface area (Å²) in [4.78, 5) is 92.9. The van der Waals surface area contributed by atoms with Crippen LogP contribution in [0.15, 0.2) is 191 Å². The Morgan fingerprint density at radius 1 is 0.483 bits per heavy atom. The van der Waals surface area contributed by atoms with Gasteiger partial charge in [-0.3, -0.25) is 19.2 Å². The number of carbonyl (C=O) groups excluding carboxylic acids is 3. The van der Waals surface area contributed by atoms with Crippen molar-refractivity contribution in [2.75, 3.05) is 7.11 Å². The molecule has 2 rings (SSSR count). The van der Waals surface area contributed by atoms with E-state index in [-0.39, 0.29) is 29.8 Å². The summed E-state index contributed by atoms with van der Waals surface area (Å²) in [6.07, 6.45) is 69.9. The van der Waals surface area contributed by atoms with Gasteiger partial charge in [-0.15, -0.1) is 0 Å². The summed E-state index contributed by atoms with van der Waals surface area (Å²) < 4.78 is 9.20. The van der Waals surface area contributed by atoms with Crippen LogP contribution in [0.5, 0.6) is 0 Å². The van der Waals surface area contributed by atoms with Gasteiger partial charge < -0.3 is 39.5 Å². The van der Waals surface area contributed by atoms with E-state index in [1.54, 1.807) is 38.1 Å². The molecule has 0 bridgehead atoms. The molecular formula is C71H98O16. The second-order valence-corrected chi connectivity index (χ2v) is 18.6. The molecule has 16 heteroatoms. The minimum atomic E-state index is -1.24. The molecule has 2 aromatic rings. The molecule has 16 nitrogen and oxygen atoms in total. The Morgan fingerprint density at radius 3 is 1.25 bits per heavy atom. The van der Waals surface area contributed by atoms with Crippen molar-refractivity contribution in [2.45, 2.75) is 176 Å². The first-order valence-corrected chi connectivity index (χ1v) is 29.4. The van der Waals surface area contributed by atoms with Gasteiger partial charge in [0.1, 0.15) is 11.4 Å².